The molecule has 2 saturated carbocycles. The van der Waals surface area contributed by atoms with Gasteiger partial charge in [-0.3, -0.25) is 0 Å². The van der Waals surface area contributed by atoms with E-state index in [9.17, 15) is 0 Å². The molecule has 1 aromatic carbocycles. The molecule has 2 heteroatoms. The smallest absolute Gasteiger partial charge is 0.0406 e. The summed E-state index contributed by atoms with van der Waals surface area (Å²) in [5.74, 6) is 0.917. The van der Waals surface area contributed by atoms with E-state index in [0.29, 0.717) is 16.9 Å². The predicted octanol–water partition coefficient (Wildman–Crippen LogP) is 4.69. The standard InChI is InChI=1S/C18H26ClN/c1-17(2)14-8-10-18(3,12-14)16(17)20-11-9-13-4-6-15(19)7-5-13/h4-7,14,16,20H,8-12H2,1-3H3. The number of halogens is 1. The molecule has 1 aromatic rings. The summed E-state index contributed by atoms with van der Waals surface area (Å²) in [7, 11) is 0. The van der Waals surface area contributed by atoms with Crippen LogP contribution in [-0.4, -0.2) is 12.6 Å². The van der Waals surface area contributed by atoms with E-state index in [1.54, 1.807) is 0 Å². The monoisotopic (exact) mass is 291 g/mol. The van der Waals surface area contributed by atoms with Crippen LogP contribution in [0.4, 0.5) is 0 Å². The van der Waals surface area contributed by atoms with Crippen molar-refractivity contribution < 1.29 is 0 Å². The fourth-order valence-corrected chi connectivity index (χ4v) is 4.95. The van der Waals surface area contributed by atoms with Crippen LogP contribution in [-0.2, 0) is 6.42 Å². The highest BCUT2D eigenvalue weighted by Crippen LogP contribution is 2.62. The quantitative estimate of drug-likeness (QED) is 0.849. The number of rotatable bonds is 4. The molecule has 0 radical (unpaired) electrons. The molecule has 2 aliphatic rings. The molecular formula is C18H26ClN. The van der Waals surface area contributed by atoms with E-state index >= 15 is 0 Å². The van der Waals surface area contributed by atoms with Gasteiger partial charge < -0.3 is 5.32 Å². The Morgan fingerprint density at radius 3 is 2.50 bits per heavy atom. The highest BCUT2D eigenvalue weighted by atomic mass is 35.5. The Bertz CT molecular complexity index is 474. The maximum atomic E-state index is 5.93. The lowest BCUT2D eigenvalue weighted by molar-refractivity contribution is 0.110. The maximum absolute atomic E-state index is 5.93. The number of benzene rings is 1. The predicted molar refractivity (Wildman–Crippen MR) is 86.2 cm³/mol. The molecule has 0 aliphatic heterocycles. The van der Waals surface area contributed by atoms with E-state index < -0.39 is 0 Å². The van der Waals surface area contributed by atoms with Crippen molar-refractivity contribution in [3.63, 3.8) is 0 Å². The van der Waals surface area contributed by atoms with Gasteiger partial charge in [0.2, 0.25) is 0 Å². The zero-order chi connectivity index (χ0) is 14.4. The van der Waals surface area contributed by atoms with Crippen LogP contribution >= 0.6 is 11.6 Å². The summed E-state index contributed by atoms with van der Waals surface area (Å²) in [4.78, 5) is 0. The molecule has 3 rings (SSSR count). The Morgan fingerprint density at radius 1 is 1.20 bits per heavy atom. The lowest BCUT2D eigenvalue weighted by Gasteiger charge is -2.43. The van der Waals surface area contributed by atoms with Crippen LogP contribution in [0.1, 0.15) is 45.6 Å². The summed E-state index contributed by atoms with van der Waals surface area (Å²) in [5.41, 5.74) is 2.34. The van der Waals surface area contributed by atoms with Gasteiger partial charge in [-0.2, -0.15) is 0 Å². The SMILES string of the molecule is CC12CCC(C1)C(C)(C)C2NCCc1ccc(Cl)cc1. The Morgan fingerprint density at radius 2 is 1.90 bits per heavy atom. The Kier molecular flexibility index (Phi) is 3.63. The van der Waals surface area contributed by atoms with E-state index in [-0.39, 0.29) is 0 Å². The van der Waals surface area contributed by atoms with Gasteiger partial charge in [0.05, 0.1) is 0 Å². The number of fused-ring (bicyclic) bond motifs is 2. The first-order chi connectivity index (χ1) is 9.42. The minimum Gasteiger partial charge on any atom is -0.313 e. The van der Waals surface area contributed by atoms with Gasteiger partial charge in [0, 0.05) is 11.1 Å². The second-order valence-electron chi connectivity index (χ2n) is 7.68. The van der Waals surface area contributed by atoms with E-state index in [0.717, 1.165) is 23.9 Å². The van der Waals surface area contributed by atoms with Gasteiger partial charge in [-0.1, -0.05) is 44.5 Å². The summed E-state index contributed by atoms with van der Waals surface area (Å²) < 4.78 is 0. The van der Waals surface area contributed by atoms with Crippen molar-refractivity contribution in [2.75, 3.05) is 6.54 Å². The minimum absolute atomic E-state index is 0.451. The van der Waals surface area contributed by atoms with Crippen LogP contribution in [0.25, 0.3) is 0 Å². The van der Waals surface area contributed by atoms with Crippen molar-refractivity contribution in [2.45, 2.75) is 52.5 Å². The summed E-state index contributed by atoms with van der Waals surface area (Å²) >= 11 is 5.93. The maximum Gasteiger partial charge on any atom is 0.0406 e. The van der Waals surface area contributed by atoms with E-state index in [1.165, 1.54) is 24.8 Å². The van der Waals surface area contributed by atoms with E-state index in [4.69, 9.17) is 11.6 Å². The van der Waals surface area contributed by atoms with Crippen molar-refractivity contribution in [3.8, 4) is 0 Å². The Balaban J connectivity index is 1.60. The summed E-state index contributed by atoms with van der Waals surface area (Å²) in [5, 5.41) is 4.70. The molecule has 1 nitrogen and oxygen atoms in total. The first-order valence-corrected chi connectivity index (χ1v) is 8.27. The van der Waals surface area contributed by atoms with Crippen molar-refractivity contribution >= 4 is 11.6 Å². The number of nitrogens with one attached hydrogen (secondary N) is 1. The van der Waals surface area contributed by atoms with Crippen LogP contribution < -0.4 is 5.32 Å². The second kappa shape index (κ2) is 5.03. The van der Waals surface area contributed by atoms with Gasteiger partial charge in [-0.15, -0.1) is 0 Å². The molecule has 0 spiro atoms. The minimum atomic E-state index is 0.451. The highest BCUT2D eigenvalue weighted by molar-refractivity contribution is 6.30. The molecule has 0 heterocycles. The van der Waals surface area contributed by atoms with Gasteiger partial charge in [0.25, 0.3) is 0 Å². The molecule has 110 valence electrons. The lowest BCUT2D eigenvalue weighted by Crippen LogP contribution is -2.50. The third-order valence-electron chi connectivity index (χ3n) is 5.95. The second-order valence-corrected chi connectivity index (χ2v) is 8.12. The lowest BCUT2D eigenvalue weighted by atomic mass is 9.68. The molecule has 2 aliphatic carbocycles. The molecule has 1 N–H and O–H groups in total. The molecule has 0 amide bonds. The molecule has 2 fully saturated rings. The fourth-order valence-electron chi connectivity index (χ4n) is 4.82. The van der Waals surface area contributed by atoms with Crippen molar-refractivity contribution in [3.05, 3.63) is 34.9 Å². The highest BCUT2D eigenvalue weighted by Gasteiger charge is 2.58. The third kappa shape index (κ3) is 2.40. The summed E-state index contributed by atoms with van der Waals surface area (Å²) in [6.07, 6.45) is 5.33. The average molecular weight is 292 g/mol. The van der Waals surface area contributed by atoms with Gasteiger partial charge in [-0.05, 0) is 66.7 Å². The van der Waals surface area contributed by atoms with Crippen molar-refractivity contribution in [1.29, 1.82) is 0 Å². The topological polar surface area (TPSA) is 12.0 Å². The Hall–Kier alpha value is -0.530. The van der Waals surface area contributed by atoms with Crippen LogP contribution in [0.2, 0.25) is 5.02 Å². The molecule has 0 saturated heterocycles. The molecular weight excluding hydrogens is 266 g/mol. The average Bonchev–Trinajstić information content (AvgIpc) is 2.87. The molecule has 2 bridgehead atoms. The summed E-state index contributed by atoms with van der Waals surface area (Å²) in [6.45, 7) is 8.48. The Labute approximate surface area is 128 Å². The third-order valence-corrected chi connectivity index (χ3v) is 6.20. The molecule has 20 heavy (non-hydrogen) atoms. The van der Waals surface area contributed by atoms with Crippen LogP contribution in [0.15, 0.2) is 24.3 Å². The van der Waals surface area contributed by atoms with Gasteiger partial charge in [-0.25, -0.2) is 0 Å². The van der Waals surface area contributed by atoms with Crippen LogP contribution in [0.3, 0.4) is 0 Å². The van der Waals surface area contributed by atoms with Gasteiger partial charge in [0.1, 0.15) is 0 Å². The normalized spacial score (nSPS) is 34.6. The molecule has 3 unspecified atom stereocenters. The first-order valence-electron chi connectivity index (χ1n) is 7.90. The fraction of sp³-hybridized carbons (Fsp3) is 0.667. The van der Waals surface area contributed by atoms with Crippen molar-refractivity contribution in [1.82, 2.24) is 5.32 Å². The zero-order valence-electron chi connectivity index (χ0n) is 12.9. The largest absolute Gasteiger partial charge is 0.313 e. The van der Waals surface area contributed by atoms with Gasteiger partial charge in [0.15, 0.2) is 0 Å². The van der Waals surface area contributed by atoms with E-state index in [1.807, 2.05) is 12.1 Å². The zero-order valence-corrected chi connectivity index (χ0v) is 13.6. The van der Waals surface area contributed by atoms with Gasteiger partial charge >= 0.3 is 0 Å². The van der Waals surface area contributed by atoms with Crippen molar-refractivity contribution in [2.24, 2.45) is 16.7 Å². The van der Waals surface area contributed by atoms with Crippen LogP contribution in [0.5, 0.6) is 0 Å². The first kappa shape index (κ1) is 14.4. The van der Waals surface area contributed by atoms with E-state index in [2.05, 4.69) is 38.2 Å². The number of hydrogen-bond donors (Lipinski definition) is 1. The van der Waals surface area contributed by atoms with Crippen LogP contribution in [0, 0.1) is 16.7 Å². The molecule has 0 aromatic heterocycles. The summed E-state index contributed by atoms with van der Waals surface area (Å²) in [6, 6.07) is 8.91. The number of hydrogen-bond acceptors (Lipinski definition) is 1. The molecule has 3 atom stereocenters.